The molecule has 0 spiro atoms. The van der Waals surface area contributed by atoms with Gasteiger partial charge in [-0.05, 0) is 41.8 Å². The number of primary amides is 1. The lowest BCUT2D eigenvalue weighted by Crippen LogP contribution is -2.27. The molecule has 2 aromatic carbocycles. The van der Waals surface area contributed by atoms with Crippen molar-refractivity contribution >= 4 is 27.5 Å². The van der Waals surface area contributed by atoms with E-state index in [0.29, 0.717) is 6.42 Å². The molecule has 110 valence electrons. The largest absolute Gasteiger partial charge is 0.396 e. The molecule has 1 atom stereocenters. The first kappa shape index (κ1) is 15.5. The number of nitrogens with two attached hydrogens (primary N) is 1. The van der Waals surface area contributed by atoms with Gasteiger partial charge in [0.2, 0.25) is 5.91 Å². The molecule has 4 N–H and O–H groups in total. The van der Waals surface area contributed by atoms with E-state index in [0.717, 1.165) is 21.3 Å². The van der Waals surface area contributed by atoms with Gasteiger partial charge in [0, 0.05) is 16.8 Å². The fourth-order valence-corrected chi connectivity index (χ4v) is 2.30. The quantitative estimate of drug-likeness (QED) is 0.751. The van der Waals surface area contributed by atoms with Crippen LogP contribution in [0.5, 0.6) is 0 Å². The number of hydrogen-bond donors (Lipinski definition) is 3. The number of nitrogens with one attached hydrogen (secondary N) is 1. The molecule has 0 bridgehead atoms. The summed E-state index contributed by atoms with van der Waals surface area (Å²) in [7, 11) is 0. The predicted molar refractivity (Wildman–Crippen MR) is 86.9 cm³/mol. The zero-order valence-electron chi connectivity index (χ0n) is 11.4. The van der Waals surface area contributed by atoms with Crippen LogP contribution < -0.4 is 11.1 Å². The Morgan fingerprint density at radius 2 is 1.76 bits per heavy atom. The lowest BCUT2D eigenvalue weighted by atomic mass is 10.1. The third-order valence-electron chi connectivity index (χ3n) is 3.15. The highest BCUT2D eigenvalue weighted by atomic mass is 79.9. The number of rotatable bonds is 6. The van der Waals surface area contributed by atoms with Crippen LogP contribution in [0.1, 0.15) is 17.2 Å². The molecule has 21 heavy (non-hydrogen) atoms. The molecule has 0 aliphatic carbocycles. The van der Waals surface area contributed by atoms with E-state index >= 15 is 0 Å². The highest BCUT2D eigenvalue weighted by Gasteiger charge is 2.17. The smallest absolute Gasteiger partial charge is 0.244 e. The van der Waals surface area contributed by atoms with Gasteiger partial charge in [-0.3, -0.25) is 4.79 Å². The van der Waals surface area contributed by atoms with E-state index in [2.05, 4.69) is 21.2 Å². The minimum absolute atomic E-state index is 0.121. The Hall–Kier alpha value is -1.85. The molecule has 0 aromatic heterocycles. The van der Waals surface area contributed by atoms with Crippen molar-refractivity contribution in [2.75, 3.05) is 11.9 Å². The molecule has 0 radical (unpaired) electrons. The molecule has 2 rings (SSSR count). The minimum Gasteiger partial charge on any atom is -0.396 e. The maximum absolute atomic E-state index is 11.7. The Morgan fingerprint density at radius 1 is 1.14 bits per heavy atom. The summed E-state index contributed by atoms with van der Waals surface area (Å²) in [4.78, 5) is 11.7. The number of anilines is 1. The first-order chi connectivity index (χ1) is 10.1. The van der Waals surface area contributed by atoms with Gasteiger partial charge in [0.15, 0.2) is 0 Å². The number of aliphatic hydroxyl groups is 1. The third kappa shape index (κ3) is 4.31. The van der Waals surface area contributed by atoms with Crippen molar-refractivity contribution < 1.29 is 9.90 Å². The lowest BCUT2D eigenvalue weighted by molar-refractivity contribution is -0.118. The van der Waals surface area contributed by atoms with Crippen LogP contribution in [-0.2, 0) is 11.2 Å². The summed E-state index contributed by atoms with van der Waals surface area (Å²) in [5, 5.41) is 12.0. The van der Waals surface area contributed by atoms with Gasteiger partial charge < -0.3 is 16.2 Å². The van der Waals surface area contributed by atoms with E-state index in [4.69, 9.17) is 10.8 Å². The second-order valence-corrected chi connectivity index (χ2v) is 5.62. The SMILES string of the molecule is NC(=O)C(Nc1ccc(CCO)cc1)c1ccc(Br)cc1. The van der Waals surface area contributed by atoms with E-state index < -0.39 is 11.9 Å². The lowest BCUT2D eigenvalue weighted by Gasteiger charge is -2.17. The minimum atomic E-state index is -0.582. The van der Waals surface area contributed by atoms with Gasteiger partial charge in [0.05, 0.1) is 0 Å². The van der Waals surface area contributed by atoms with E-state index in [1.807, 2.05) is 48.5 Å². The molecule has 0 aliphatic rings. The predicted octanol–water partition coefficient (Wildman–Crippen LogP) is 2.62. The van der Waals surface area contributed by atoms with Gasteiger partial charge in [0.1, 0.15) is 6.04 Å². The van der Waals surface area contributed by atoms with E-state index in [1.165, 1.54) is 0 Å². The molecule has 0 saturated carbocycles. The average molecular weight is 349 g/mol. The first-order valence-corrected chi connectivity index (χ1v) is 7.40. The van der Waals surface area contributed by atoms with Crippen molar-refractivity contribution in [3.8, 4) is 0 Å². The Balaban J connectivity index is 2.16. The van der Waals surface area contributed by atoms with Crippen molar-refractivity contribution in [2.24, 2.45) is 5.73 Å². The van der Waals surface area contributed by atoms with Gasteiger partial charge in [-0.15, -0.1) is 0 Å². The Morgan fingerprint density at radius 3 is 2.29 bits per heavy atom. The van der Waals surface area contributed by atoms with Crippen LogP contribution in [0.15, 0.2) is 53.0 Å². The van der Waals surface area contributed by atoms with Crippen LogP contribution >= 0.6 is 15.9 Å². The van der Waals surface area contributed by atoms with Gasteiger partial charge in [-0.2, -0.15) is 0 Å². The second-order valence-electron chi connectivity index (χ2n) is 4.70. The summed E-state index contributed by atoms with van der Waals surface area (Å²) in [6.07, 6.45) is 0.617. The number of halogens is 1. The maximum Gasteiger partial charge on any atom is 0.244 e. The van der Waals surface area contributed by atoms with Crippen LogP contribution in [-0.4, -0.2) is 17.6 Å². The van der Waals surface area contributed by atoms with Gasteiger partial charge in [-0.1, -0.05) is 40.2 Å². The standard InChI is InChI=1S/C16H17BrN2O2/c17-13-5-3-12(4-6-13)15(16(18)21)19-14-7-1-11(2-8-14)9-10-20/h1-8,15,19-20H,9-10H2,(H2,18,21). The van der Waals surface area contributed by atoms with Crippen LogP contribution in [0.2, 0.25) is 0 Å². The molecule has 4 nitrogen and oxygen atoms in total. The van der Waals surface area contributed by atoms with Crippen LogP contribution in [0.25, 0.3) is 0 Å². The van der Waals surface area contributed by atoms with E-state index in [-0.39, 0.29) is 6.61 Å². The molecular weight excluding hydrogens is 332 g/mol. The third-order valence-corrected chi connectivity index (χ3v) is 3.68. The number of benzene rings is 2. The highest BCUT2D eigenvalue weighted by Crippen LogP contribution is 2.22. The normalized spacial score (nSPS) is 11.9. The number of aliphatic hydroxyl groups excluding tert-OH is 1. The summed E-state index contributed by atoms with van der Waals surface area (Å²) in [5.41, 5.74) is 8.15. The summed E-state index contributed by atoms with van der Waals surface area (Å²) >= 11 is 3.36. The van der Waals surface area contributed by atoms with Crippen molar-refractivity contribution in [1.29, 1.82) is 0 Å². The van der Waals surface area contributed by atoms with E-state index in [1.54, 1.807) is 0 Å². The zero-order valence-corrected chi connectivity index (χ0v) is 13.0. The van der Waals surface area contributed by atoms with Crippen molar-refractivity contribution in [1.82, 2.24) is 0 Å². The van der Waals surface area contributed by atoms with Gasteiger partial charge in [0.25, 0.3) is 0 Å². The molecular formula is C16H17BrN2O2. The summed E-state index contributed by atoms with van der Waals surface area (Å²) < 4.78 is 0.947. The Bertz CT molecular complexity index is 597. The molecule has 5 heteroatoms. The second kappa shape index (κ2) is 7.24. The fourth-order valence-electron chi connectivity index (χ4n) is 2.04. The first-order valence-electron chi connectivity index (χ1n) is 6.61. The fraction of sp³-hybridized carbons (Fsp3) is 0.188. The Kier molecular flexibility index (Phi) is 5.36. The van der Waals surface area contributed by atoms with E-state index in [9.17, 15) is 4.79 Å². The number of amides is 1. The van der Waals surface area contributed by atoms with Gasteiger partial charge >= 0.3 is 0 Å². The van der Waals surface area contributed by atoms with Crippen LogP contribution in [0.4, 0.5) is 5.69 Å². The highest BCUT2D eigenvalue weighted by molar-refractivity contribution is 9.10. The topological polar surface area (TPSA) is 75.4 Å². The zero-order chi connectivity index (χ0) is 15.2. The Labute approximate surface area is 132 Å². The monoisotopic (exact) mass is 348 g/mol. The molecule has 1 amide bonds. The van der Waals surface area contributed by atoms with Gasteiger partial charge in [-0.25, -0.2) is 0 Å². The number of carbonyl (C=O) groups is 1. The average Bonchev–Trinajstić information content (AvgIpc) is 2.47. The summed E-state index contributed by atoms with van der Waals surface area (Å²) in [5.74, 6) is -0.434. The number of hydrogen-bond acceptors (Lipinski definition) is 3. The molecule has 0 saturated heterocycles. The molecule has 0 aliphatic heterocycles. The molecule has 2 aromatic rings. The van der Waals surface area contributed by atoms with Crippen molar-refractivity contribution in [3.63, 3.8) is 0 Å². The van der Waals surface area contributed by atoms with Crippen molar-refractivity contribution in [2.45, 2.75) is 12.5 Å². The summed E-state index contributed by atoms with van der Waals surface area (Å²) in [6.45, 7) is 0.121. The van der Waals surface area contributed by atoms with Crippen molar-refractivity contribution in [3.05, 3.63) is 64.1 Å². The summed E-state index contributed by atoms with van der Waals surface area (Å²) in [6, 6.07) is 14.4. The molecule has 0 heterocycles. The maximum atomic E-state index is 11.7. The van der Waals surface area contributed by atoms with Crippen LogP contribution in [0, 0.1) is 0 Å². The van der Waals surface area contributed by atoms with Crippen LogP contribution in [0.3, 0.4) is 0 Å². The molecule has 1 unspecified atom stereocenters. The molecule has 0 fully saturated rings. The number of carbonyl (C=O) groups excluding carboxylic acids is 1.